The van der Waals surface area contributed by atoms with Gasteiger partial charge in [0.25, 0.3) is 5.91 Å². The maximum Gasteiger partial charge on any atom is 0.264 e. The van der Waals surface area contributed by atoms with Crippen LogP contribution in [0.5, 0.6) is 0 Å². The van der Waals surface area contributed by atoms with Crippen molar-refractivity contribution in [2.75, 3.05) is 13.1 Å². The highest BCUT2D eigenvalue weighted by molar-refractivity contribution is 6.02. The summed E-state index contributed by atoms with van der Waals surface area (Å²) in [5, 5.41) is 9.36. The SMILES string of the molecule is Cc1cc(C)c(/C=C(\C#N)C(=O)N2CCCCC2)c(C)c1. The lowest BCUT2D eigenvalue weighted by atomic mass is 9.97. The molecule has 0 spiro atoms. The van der Waals surface area contributed by atoms with E-state index < -0.39 is 0 Å². The first-order valence-corrected chi connectivity index (χ1v) is 7.52. The van der Waals surface area contributed by atoms with Crippen molar-refractivity contribution in [1.82, 2.24) is 4.90 Å². The van der Waals surface area contributed by atoms with Gasteiger partial charge in [-0.3, -0.25) is 4.79 Å². The fourth-order valence-electron chi connectivity index (χ4n) is 2.97. The molecule has 0 atom stereocenters. The van der Waals surface area contributed by atoms with Crippen molar-refractivity contribution >= 4 is 12.0 Å². The minimum atomic E-state index is -0.128. The average Bonchev–Trinajstić information content (AvgIpc) is 2.47. The van der Waals surface area contributed by atoms with Crippen molar-refractivity contribution in [3.63, 3.8) is 0 Å². The van der Waals surface area contributed by atoms with E-state index in [0.29, 0.717) is 0 Å². The summed E-state index contributed by atoms with van der Waals surface area (Å²) in [7, 11) is 0. The monoisotopic (exact) mass is 282 g/mol. The normalized spacial score (nSPS) is 15.7. The van der Waals surface area contributed by atoms with Crippen LogP contribution >= 0.6 is 0 Å². The first-order valence-electron chi connectivity index (χ1n) is 7.52. The number of aryl methyl sites for hydroxylation is 3. The number of carbonyl (C=O) groups is 1. The van der Waals surface area contributed by atoms with Crippen molar-refractivity contribution in [3.05, 3.63) is 40.0 Å². The Balaban J connectivity index is 2.33. The number of piperidine rings is 1. The largest absolute Gasteiger partial charge is 0.338 e. The Morgan fingerprint density at radius 1 is 1.14 bits per heavy atom. The third-order valence-corrected chi connectivity index (χ3v) is 4.02. The summed E-state index contributed by atoms with van der Waals surface area (Å²) in [6, 6.07) is 6.25. The number of hydrogen-bond acceptors (Lipinski definition) is 2. The Morgan fingerprint density at radius 3 is 2.24 bits per heavy atom. The molecule has 0 aliphatic carbocycles. The van der Waals surface area contributed by atoms with Gasteiger partial charge in [-0.1, -0.05) is 17.7 Å². The van der Waals surface area contributed by atoms with Crippen molar-refractivity contribution in [2.24, 2.45) is 0 Å². The van der Waals surface area contributed by atoms with Crippen molar-refractivity contribution in [3.8, 4) is 6.07 Å². The summed E-state index contributed by atoms with van der Waals surface area (Å²) in [4.78, 5) is 14.3. The zero-order valence-corrected chi connectivity index (χ0v) is 13.1. The van der Waals surface area contributed by atoms with E-state index in [1.54, 1.807) is 11.0 Å². The van der Waals surface area contributed by atoms with Gasteiger partial charge >= 0.3 is 0 Å². The first kappa shape index (κ1) is 15.3. The Kier molecular flexibility index (Phi) is 4.80. The van der Waals surface area contributed by atoms with Crippen LogP contribution in [0.25, 0.3) is 6.08 Å². The van der Waals surface area contributed by atoms with Gasteiger partial charge in [0.15, 0.2) is 0 Å². The van der Waals surface area contributed by atoms with E-state index in [0.717, 1.165) is 42.6 Å². The number of likely N-dealkylation sites (tertiary alicyclic amines) is 1. The standard InChI is InChI=1S/C18H22N2O/c1-13-9-14(2)17(15(3)10-13)11-16(12-19)18(21)20-7-5-4-6-8-20/h9-11H,4-8H2,1-3H3/b16-11+. The molecule has 1 saturated heterocycles. The van der Waals surface area contributed by atoms with E-state index in [-0.39, 0.29) is 11.5 Å². The molecular formula is C18H22N2O. The molecule has 3 heteroatoms. The lowest BCUT2D eigenvalue weighted by Gasteiger charge is -2.26. The van der Waals surface area contributed by atoms with E-state index in [1.807, 2.05) is 13.8 Å². The molecular weight excluding hydrogens is 260 g/mol. The van der Waals surface area contributed by atoms with Gasteiger partial charge in [-0.2, -0.15) is 5.26 Å². The van der Waals surface area contributed by atoms with E-state index in [2.05, 4.69) is 25.1 Å². The second-order valence-corrected chi connectivity index (χ2v) is 5.84. The van der Waals surface area contributed by atoms with Gasteiger partial charge in [0.2, 0.25) is 0 Å². The third-order valence-electron chi connectivity index (χ3n) is 4.02. The van der Waals surface area contributed by atoms with Crippen LogP contribution < -0.4 is 0 Å². The molecule has 0 radical (unpaired) electrons. The molecule has 21 heavy (non-hydrogen) atoms. The fourth-order valence-corrected chi connectivity index (χ4v) is 2.97. The summed E-state index contributed by atoms with van der Waals surface area (Å²) in [5.41, 5.74) is 4.64. The average molecular weight is 282 g/mol. The minimum Gasteiger partial charge on any atom is -0.338 e. The highest BCUT2D eigenvalue weighted by Gasteiger charge is 2.20. The van der Waals surface area contributed by atoms with Crippen LogP contribution in [0.4, 0.5) is 0 Å². The Bertz CT molecular complexity index is 594. The zero-order chi connectivity index (χ0) is 15.4. The molecule has 0 unspecified atom stereocenters. The van der Waals surface area contributed by atoms with Gasteiger partial charge in [-0.25, -0.2) is 0 Å². The number of benzene rings is 1. The van der Waals surface area contributed by atoms with Gasteiger partial charge < -0.3 is 4.90 Å². The summed E-state index contributed by atoms with van der Waals surface area (Å²) >= 11 is 0. The highest BCUT2D eigenvalue weighted by atomic mass is 16.2. The molecule has 1 amide bonds. The molecule has 1 fully saturated rings. The van der Waals surface area contributed by atoms with Gasteiger partial charge in [0, 0.05) is 13.1 Å². The number of amides is 1. The molecule has 0 aromatic heterocycles. The number of nitriles is 1. The quantitative estimate of drug-likeness (QED) is 0.615. The molecule has 1 aromatic carbocycles. The molecule has 0 bridgehead atoms. The molecule has 0 N–H and O–H groups in total. The summed E-state index contributed by atoms with van der Waals surface area (Å²) in [6.07, 6.45) is 4.99. The van der Waals surface area contributed by atoms with Gasteiger partial charge in [0.1, 0.15) is 11.6 Å². The lowest BCUT2D eigenvalue weighted by Crippen LogP contribution is -2.36. The van der Waals surface area contributed by atoms with Gasteiger partial charge in [0.05, 0.1) is 0 Å². The van der Waals surface area contributed by atoms with Crippen LogP contribution in [-0.2, 0) is 4.79 Å². The minimum absolute atomic E-state index is 0.128. The maximum absolute atomic E-state index is 12.5. The molecule has 1 aliphatic rings. The number of rotatable bonds is 2. The topological polar surface area (TPSA) is 44.1 Å². The summed E-state index contributed by atoms with van der Waals surface area (Å²) < 4.78 is 0. The summed E-state index contributed by atoms with van der Waals surface area (Å²) in [5.74, 6) is -0.128. The zero-order valence-electron chi connectivity index (χ0n) is 13.1. The number of nitrogens with zero attached hydrogens (tertiary/aromatic N) is 2. The van der Waals surface area contributed by atoms with Crippen molar-refractivity contribution in [2.45, 2.75) is 40.0 Å². The van der Waals surface area contributed by atoms with Crippen LogP contribution in [0.2, 0.25) is 0 Å². The van der Waals surface area contributed by atoms with Crippen LogP contribution in [0, 0.1) is 32.1 Å². The Hall–Kier alpha value is -2.08. The van der Waals surface area contributed by atoms with Crippen molar-refractivity contribution < 1.29 is 4.79 Å². The molecule has 1 heterocycles. The molecule has 1 aromatic rings. The van der Waals surface area contributed by atoms with E-state index in [1.165, 1.54) is 12.0 Å². The van der Waals surface area contributed by atoms with E-state index in [9.17, 15) is 10.1 Å². The fraction of sp³-hybridized carbons (Fsp3) is 0.444. The predicted octanol–water partition coefficient (Wildman–Crippen LogP) is 3.53. The van der Waals surface area contributed by atoms with E-state index in [4.69, 9.17) is 0 Å². The van der Waals surface area contributed by atoms with E-state index >= 15 is 0 Å². The molecule has 3 nitrogen and oxygen atoms in total. The molecule has 0 saturated carbocycles. The second kappa shape index (κ2) is 6.58. The van der Waals surface area contributed by atoms with Crippen LogP contribution in [-0.4, -0.2) is 23.9 Å². The highest BCUT2D eigenvalue weighted by Crippen LogP contribution is 2.21. The lowest BCUT2D eigenvalue weighted by molar-refractivity contribution is -0.127. The second-order valence-electron chi connectivity index (χ2n) is 5.84. The Labute approximate surface area is 126 Å². The maximum atomic E-state index is 12.5. The Morgan fingerprint density at radius 2 is 1.71 bits per heavy atom. The van der Waals surface area contributed by atoms with Crippen LogP contribution in [0.1, 0.15) is 41.5 Å². The van der Waals surface area contributed by atoms with Gasteiger partial charge in [-0.05, 0) is 62.8 Å². The van der Waals surface area contributed by atoms with Crippen molar-refractivity contribution in [1.29, 1.82) is 5.26 Å². The number of hydrogen-bond donors (Lipinski definition) is 0. The first-order chi connectivity index (χ1) is 10.0. The van der Waals surface area contributed by atoms with Gasteiger partial charge in [-0.15, -0.1) is 0 Å². The predicted molar refractivity (Wildman–Crippen MR) is 84.7 cm³/mol. The van der Waals surface area contributed by atoms with Crippen LogP contribution in [0.3, 0.4) is 0 Å². The molecule has 1 aliphatic heterocycles. The number of carbonyl (C=O) groups excluding carboxylic acids is 1. The summed E-state index contributed by atoms with van der Waals surface area (Å²) in [6.45, 7) is 7.63. The molecule has 110 valence electrons. The van der Waals surface area contributed by atoms with Crippen LogP contribution in [0.15, 0.2) is 17.7 Å². The third kappa shape index (κ3) is 3.52. The smallest absolute Gasteiger partial charge is 0.264 e. The molecule has 2 rings (SSSR count).